The Balaban J connectivity index is 1.72. The second kappa shape index (κ2) is 7.83. The van der Waals surface area contributed by atoms with Gasteiger partial charge in [0.2, 0.25) is 5.91 Å². The summed E-state index contributed by atoms with van der Waals surface area (Å²) in [6.07, 6.45) is 1.82. The third-order valence-corrected chi connectivity index (χ3v) is 5.17. The van der Waals surface area contributed by atoms with Crippen LogP contribution in [0.2, 0.25) is 0 Å². The van der Waals surface area contributed by atoms with Gasteiger partial charge < -0.3 is 15.0 Å². The molecule has 1 atom stereocenters. The molecule has 1 aromatic rings. The van der Waals surface area contributed by atoms with Crippen LogP contribution in [-0.2, 0) is 9.53 Å². The van der Waals surface area contributed by atoms with Crippen molar-refractivity contribution in [3.05, 3.63) is 23.4 Å². The average Bonchev–Trinajstić information content (AvgIpc) is 2.60. The molecule has 1 amide bonds. The van der Waals surface area contributed by atoms with Crippen LogP contribution < -0.4 is 5.32 Å². The Hall–Kier alpha value is -2.13. The normalized spacial score (nSPS) is 19.8. The fourth-order valence-corrected chi connectivity index (χ4v) is 3.68. The zero-order valence-electron chi connectivity index (χ0n) is 15.0. The highest BCUT2D eigenvalue weighted by atomic mass is 16.5. The molecule has 134 valence electrons. The molecule has 0 radical (unpaired) electrons. The molecule has 2 aliphatic rings. The summed E-state index contributed by atoms with van der Waals surface area (Å²) in [5, 5.41) is 12.6. The molecule has 6 nitrogen and oxygen atoms in total. The first-order valence-corrected chi connectivity index (χ1v) is 9.06. The number of anilines is 1. The minimum Gasteiger partial charge on any atom is -0.381 e. The molecule has 2 aliphatic heterocycles. The number of hydrogen-bond donors (Lipinski definition) is 1. The van der Waals surface area contributed by atoms with E-state index in [0.717, 1.165) is 44.8 Å². The number of carbonyl (C=O) groups excluding carboxylic acids is 1. The van der Waals surface area contributed by atoms with Crippen molar-refractivity contribution in [1.82, 2.24) is 9.88 Å². The third kappa shape index (κ3) is 4.10. The molecule has 3 rings (SSSR count). The van der Waals surface area contributed by atoms with Crippen molar-refractivity contribution in [3.8, 4) is 6.07 Å². The Morgan fingerprint density at radius 1 is 1.44 bits per heavy atom. The lowest BCUT2D eigenvalue weighted by molar-refractivity contribution is -0.144. The van der Waals surface area contributed by atoms with Crippen LogP contribution in [0.3, 0.4) is 0 Å². The van der Waals surface area contributed by atoms with Crippen molar-refractivity contribution >= 4 is 11.7 Å². The molecule has 1 unspecified atom stereocenters. The van der Waals surface area contributed by atoms with Crippen LogP contribution in [0.25, 0.3) is 0 Å². The molecule has 0 aromatic carbocycles. The van der Waals surface area contributed by atoms with Gasteiger partial charge in [-0.1, -0.05) is 6.92 Å². The molecule has 1 aromatic heterocycles. The summed E-state index contributed by atoms with van der Waals surface area (Å²) in [4.78, 5) is 19.4. The summed E-state index contributed by atoms with van der Waals surface area (Å²) in [5.74, 6) is 1.62. The maximum absolute atomic E-state index is 13.0. The summed E-state index contributed by atoms with van der Waals surface area (Å²) < 4.78 is 5.46. The Bertz CT molecular complexity index is 658. The number of hydrogen-bond acceptors (Lipinski definition) is 5. The van der Waals surface area contributed by atoms with Crippen LogP contribution in [0.15, 0.2) is 12.1 Å². The number of aromatic nitrogens is 1. The molecular weight excluding hydrogens is 316 g/mol. The van der Waals surface area contributed by atoms with Gasteiger partial charge in [0.25, 0.3) is 0 Å². The van der Waals surface area contributed by atoms with E-state index in [1.54, 1.807) is 6.07 Å². The molecule has 25 heavy (non-hydrogen) atoms. The molecule has 0 spiro atoms. The fraction of sp³-hybridized carbons (Fsp3) is 0.632. The minimum absolute atomic E-state index is 0.0924. The van der Waals surface area contributed by atoms with E-state index in [2.05, 4.69) is 23.3 Å². The van der Waals surface area contributed by atoms with Gasteiger partial charge in [0.1, 0.15) is 11.9 Å². The van der Waals surface area contributed by atoms with Crippen molar-refractivity contribution in [1.29, 1.82) is 5.26 Å². The van der Waals surface area contributed by atoms with Gasteiger partial charge >= 0.3 is 0 Å². The smallest absolute Gasteiger partial charge is 0.227 e. The van der Waals surface area contributed by atoms with Gasteiger partial charge in [-0.05, 0) is 43.7 Å². The Kier molecular flexibility index (Phi) is 5.54. The summed E-state index contributed by atoms with van der Waals surface area (Å²) in [6, 6.07) is 5.76. The van der Waals surface area contributed by atoms with Crippen LogP contribution in [0.4, 0.5) is 5.82 Å². The average molecular weight is 342 g/mol. The fourth-order valence-electron chi connectivity index (χ4n) is 3.68. The quantitative estimate of drug-likeness (QED) is 0.887. The number of aryl methyl sites for hydroxylation is 1. The number of ether oxygens (including phenoxy) is 1. The lowest BCUT2D eigenvalue weighted by Gasteiger charge is -2.41. The highest BCUT2D eigenvalue weighted by molar-refractivity contribution is 5.80. The molecule has 0 saturated carbocycles. The van der Waals surface area contributed by atoms with E-state index in [4.69, 9.17) is 4.74 Å². The number of nitrogens with zero attached hydrogens (tertiary/aromatic N) is 3. The van der Waals surface area contributed by atoms with Crippen molar-refractivity contribution in [2.24, 2.45) is 17.8 Å². The van der Waals surface area contributed by atoms with Crippen LogP contribution in [-0.4, -0.2) is 48.6 Å². The van der Waals surface area contributed by atoms with Gasteiger partial charge in [0.05, 0.1) is 11.5 Å². The van der Waals surface area contributed by atoms with Crippen molar-refractivity contribution in [3.63, 3.8) is 0 Å². The van der Waals surface area contributed by atoms with Crippen molar-refractivity contribution < 1.29 is 9.53 Å². The van der Waals surface area contributed by atoms with E-state index in [9.17, 15) is 10.1 Å². The first kappa shape index (κ1) is 17.7. The van der Waals surface area contributed by atoms with Gasteiger partial charge in [0, 0.05) is 38.5 Å². The Labute approximate surface area is 149 Å². The topological polar surface area (TPSA) is 78.2 Å². The number of amides is 1. The lowest BCUT2D eigenvalue weighted by Crippen LogP contribution is -2.53. The van der Waals surface area contributed by atoms with Gasteiger partial charge in [-0.25, -0.2) is 4.98 Å². The Morgan fingerprint density at radius 3 is 2.80 bits per heavy atom. The second-order valence-electron chi connectivity index (χ2n) is 7.25. The van der Waals surface area contributed by atoms with E-state index in [1.807, 2.05) is 17.9 Å². The molecule has 0 aliphatic carbocycles. The van der Waals surface area contributed by atoms with Crippen molar-refractivity contribution in [2.45, 2.75) is 26.7 Å². The number of carbonyl (C=O) groups is 1. The third-order valence-electron chi connectivity index (χ3n) is 5.17. The summed E-state index contributed by atoms with van der Waals surface area (Å²) in [6.45, 7) is 7.72. The molecule has 2 saturated heterocycles. The molecule has 1 N–H and O–H groups in total. The predicted octanol–water partition coefficient (Wildman–Crippen LogP) is 2.19. The zero-order valence-corrected chi connectivity index (χ0v) is 15.0. The maximum Gasteiger partial charge on any atom is 0.227 e. The molecule has 6 heteroatoms. The first-order chi connectivity index (χ1) is 12.1. The SMILES string of the molecule is Cc1ccc(C#N)c(NCC(C(=O)N2CC(C)C2)C2CCOCC2)n1. The van der Waals surface area contributed by atoms with Gasteiger partial charge in [-0.3, -0.25) is 4.79 Å². The lowest BCUT2D eigenvalue weighted by atomic mass is 9.83. The second-order valence-corrected chi connectivity index (χ2v) is 7.25. The van der Waals surface area contributed by atoms with Crippen LogP contribution in [0.1, 0.15) is 31.0 Å². The number of rotatable bonds is 5. The van der Waals surface area contributed by atoms with Crippen LogP contribution in [0, 0.1) is 36.0 Å². The van der Waals surface area contributed by atoms with E-state index >= 15 is 0 Å². The molecular formula is C19H26N4O2. The summed E-state index contributed by atoms with van der Waals surface area (Å²) in [5.41, 5.74) is 1.37. The molecule has 2 fully saturated rings. The van der Waals surface area contributed by atoms with Gasteiger partial charge in [0.15, 0.2) is 0 Å². The van der Waals surface area contributed by atoms with E-state index in [1.165, 1.54) is 0 Å². The van der Waals surface area contributed by atoms with E-state index < -0.39 is 0 Å². The highest BCUT2D eigenvalue weighted by Gasteiger charge is 2.36. The molecule has 3 heterocycles. The monoisotopic (exact) mass is 342 g/mol. The van der Waals surface area contributed by atoms with Crippen LogP contribution >= 0.6 is 0 Å². The zero-order chi connectivity index (χ0) is 17.8. The maximum atomic E-state index is 13.0. The van der Waals surface area contributed by atoms with E-state index in [0.29, 0.717) is 29.8 Å². The van der Waals surface area contributed by atoms with Crippen LogP contribution in [0.5, 0.6) is 0 Å². The van der Waals surface area contributed by atoms with Crippen molar-refractivity contribution in [2.75, 3.05) is 38.2 Å². The minimum atomic E-state index is -0.0924. The largest absolute Gasteiger partial charge is 0.381 e. The molecule has 0 bridgehead atoms. The Morgan fingerprint density at radius 2 is 2.16 bits per heavy atom. The number of nitriles is 1. The van der Waals surface area contributed by atoms with Gasteiger partial charge in [-0.15, -0.1) is 0 Å². The summed E-state index contributed by atoms with van der Waals surface area (Å²) >= 11 is 0. The number of likely N-dealkylation sites (tertiary alicyclic amines) is 1. The number of pyridine rings is 1. The van der Waals surface area contributed by atoms with Gasteiger partial charge in [-0.2, -0.15) is 5.26 Å². The standard InChI is InChI=1S/C19H26N4O2/c1-13-11-23(12-13)19(24)17(15-5-7-25-8-6-15)10-21-18-16(9-20)4-3-14(2)22-18/h3-4,13,15,17H,5-8,10-12H2,1-2H3,(H,21,22). The first-order valence-electron chi connectivity index (χ1n) is 9.06. The van der Waals surface area contributed by atoms with E-state index in [-0.39, 0.29) is 11.8 Å². The predicted molar refractivity (Wildman–Crippen MR) is 95.0 cm³/mol. The highest BCUT2D eigenvalue weighted by Crippen LogP contribution is 2.29. The summed E-state index contributed by atoms with van der Waals surface area (Å²) in [7, 11) is 0. The number of nitrogens with one attached hydrogen (secondary N) is 1.